The van der Waals surface area contributed by atoms with Crippen molar-refractivity contribution >= 4 is 106 Å². The average Bonchev–Trinajstić information content (AvgIpc) is 1.79. The monoisotopic (exact) mass is 2550 g/mol. The van der Waals surface area contributed by atoms with Crippen molar-refractivity contribution in [3.05, 3.63) is 0 Å². The summed E-state index contributed by atoms with van der Waals surface area (Å²) in [6.07, 6.45) is -69.1. The summed E-state index contributed by atoms with van der Waals surface area (Å²) in [5.74, 6) is -0.205. The number of hydrogen-bond acceptors (Lipinski definition) is 62. The number of aliphatic hydroxyl groups excluding tert-OH is 50. The Morgan fingerprint density at radius 2 is 0.442 bits per heavy atom. The van der Waals surface area contributed by atoms with E-state index in [1.807, 2.05) is 0 Å². The molecule has 6 saturated heterocycles. The fourth-order valence-electron chi connectivity index (χ4n) is 15.1. The van der Waals surface area contributed by atoms with Gasteiger partial charge >= 0.3 is 439 Å². The summed E-state index contributed by atoms with van der Waals surface area (Å²) in [4.78, 5) is -1.99. The van der Waals surface area contributed by atoms with Gasteiger partial charge in [-0.25, -0.2) is 8.42 Å². The predicted octanol–water partition coefficient (Wildman–Crippen LogP) is -39.5. The second-order valence-corrected chi connectivity index (χ2v) is 59.1. The van der Waals surface area contributed by atoms with Crippen molar-refractivity contribution in [2.45, 2.75) is 332 Å². The molecule has 50 N–H and O–H groups in total. The molecule has 6 heterocycles. The summed E-state index contributed by atoms with van der Waals surface area (Å²) >= 11 is -6.09. The Morgan fingerprint density at radius 3 is 0.646 bits per heavy atom. The van der Waals surface area contributed by atoms with E-state index >= 15 is 0 Å². The minimum absolute atomic E-state index is 0. The van der Waals surface area contributed by atoms with Crippen LogP contribution in [0.15, 0.2) is 0 Å². The van der Waals surface area contributed by atoms with Crippen LogP contribution in [0.25, 0.3) is 0 Å². The van der Waals surface area contributed by atoms with Crippen molar-refractivity contribution in [2.24, 2.45) is 0 Å². The van der Waals surface area contributed by atoms with E-state index in [4.69, 9.17) is 25.5 Å². The summed E-state index contributed by atoms with van der Waals surface area (Å²) in [5, 5.41) is 476. The molecular weight excluding hydrogens is 2400 g/mol. The molecule has 0 amide bonds. The molecule has 74 heteroatoms. The first-order valence-corrected chi connectivity index (χ1v) is 62.8. The molecule has 147 heavy (non-hydrogen) atoms. The van der Waals surface area contributed by atoms with Crippen LogP contribution in [0, 0.1) is 0 Å². The van der Waals surface area contributed by atoms with Crippen molar-refractivity contribution < 1.29 is 344 Å². The van der Waals surface area contributed by atoms with Crippen LogP contribution in [0.1, 0.15) is 13.3 Å². The van der Waals surface area contributed by atoms with E-state index in [1.54, 1.807) is 6.92 Å². The molecule has 0 radical (unpaired) electrons. The van der Waals surface area contributed by atoms with Gasteiger partial charge in [0.2, 0.25) is 10.4 Å². The van der Waals surface area contributed by atoms with Crippen LogP contribution >= 0.6 is 0 Å². The fraction of sp³-hybridized carbons (Fsp3) is 1.00. The van der Waals surface area contributed by atoms with Gasteiger partial charge in [-0.2, -0.15) is 0 Å². The third-order valence-corrected chi connectivity index (χ3v) is 51.4. The normalized spacial score (nSPS) is 33.5. The van der Waals surface area contributed by atoms with Gasteiger partial charge in [-0.3, -0.25) is 4.18 Å². The van der Waals surface area contributed by atoms with E-state index in [0.717, 1.165) is 0 Å². The molecule has 0 aromatic rings. The molecule has 6 rings (SSSR count). The Kier molecular flexibility index (Phi) is 75.1. The first-order valence-electron chi connectivity index (χ1n) is 43.6. The Labute approximate surface area is 882 Å². The first kappa shape index (κ1) is 152. The van der Waals surface area contributed by atoms with Gasteiger partial charge in [-0.1, -0.05) is 6.92 Å². The number of hydrogen-bond donors (Lipinski definition) is 50. The van der Waals surface area contributed by atoms with E-state index in [2.05, 4.69) is 12.5 Å². The molecule has 0 spiro atoms. The Bertz CT molecular complexity index is 3450. The zero-order chi connectivity index (χ0) is 112. The molecule has 6 unspecified atom stereocenters. The summed E-state index contributed by atoms with van der Waals surface area (Å²) in [6, 6.07) is 0. The smallest absolute Gasteiger partial charge is 1.00 e. The maximum absolute atomic E-state index is 10.9. The standard InChI is InChI=1S/C13H27O8S.C12H24O12S2.2C12H24O12SSe.C12H25O9S.C12H25O9Se.3ClH/c1-2-6(15)11(19)13(21)12(20)8(17)5-22-4-7(16)10(18)9(22)3-14;13-1-5(15)10(19)11(20)12(24-26(21,22)23)7(17)4-25-3-6(16)9(18)8(25)2-14;2*13-1-5(15)10(19)11(20)12(24-25(21,22)23)7(17)4-26-3-6(16)9(18)8(26)2-14;2*13-1-5(15)10(19)12(21)11(20)7(17)4-22-3-6(16)9(18)8(22)2-14;;;/h6-21H,2-5H2,1H3;3*5-20H,1-4H2;2*5-21H,1-4H2;3*1H/q+1;;;;2*+1;;;/p-3/t6-,7-,8-,9-,10+,11+,12-,13-,22?;5-,6+,7+,8+,9-,10+,11+,12+,25?;5-,6+,7+,8+,9-,10+,11+,12+,26?;5-,6-,7-,8-,9+,10+,11-,12-,26?;5-,6+,7+,8+,9-,10-,11+,12+,22?;5-,6+,7+,8+,9-,10+,11+,12+,22?;;;/m100100.../s1. The van der Waals surface area contributed by atoms with Crippen molar-refractivity contribution in [3.63, 3.8) is 0 Å². The van der Waals surface area contributed by atoms with Gasteiger partial charge in [0.25, 0.3) is 0 Å². The van der Waals surface area contributed by atoms with Crippen LogP contribution in [0.2, 0.25) is 46.4 Å². The molecule has 6 aliphatic rings. The fourth-order valence-corrected chi connectivity index (χ4v) is 41.6. The van der Waals surface area contributed by atoms with Crippen LogP contribution in [0.3, 0.4) is 0 Å². The van der Waals surface area contributed by atoms with Gasteiger partial charge < -0.3 is 169 Å². The quantitative estimate of drug-likeness (QED) is 0.0116. The largest absolute Gasteiger partial charge is 1.00 e. The Morgan fingerprint density at radius 1 is 0.252 bits per heavy atom. The third-order valence-electron chi connectivity index (χ3n) is 23.8. The molecule has 6 fully saturated rings. The van der Waals surface area contributed by atoms with Gasteiger partial charge in [0.05, 0.1) is 39.1 Å². The molecule has 0 saturated carbocycles. The molecule has 888 valence electrons. The van der Waals surface area contributed by atoms with Gasteiger partial charge in [0.15, 0.2) is 15.7 Å². The Hall–Kier alpha value is 1.09. The summed E-state index contributed by atoms with van der Waals surface area (Å²) < 4.78 is 110. The number of rotatable bonds is 54. The first-order chi connectivity index (χ1) is 66.5. The summed E-state index contributed by atoms with van der Waals surface area (Å²) in [5.41, 5.74) is 0. The van der Waals surface area contributed by atoms with Crippen molar-refractivity contribution in [1.82, 2.24) is 0 Å². The molecule has 0 aromatic heterocycles. The van der Waals surface area contributed by atoms with Crippen LogP contribution in [-0.2, 0) is 76.4 Å². The minimum Gasteiger partial charge on any atom is -1.00 e. The molecule has 0 aromatic carbocycles. The maximum Gasteiger partial charge on any atom is -1.00 e. The molecule has 0 aliphatic carbocycles. The second kappa shape index (κ2) is 72.5. The minimum atomic E-state index is -5.42. The van der Waals surface area contributed by atoms with Crippen molar-refractivity contribution in [3.8, 4) is 0 Å². The predicted molar refractivity (Wildman–Crippen MR) is 486 cm³/mol. The van der Waals surface area contributed by atoms with Gasteiger partial charge in [0.1, 0.15) is 157 Å². The zero-order valence-corrected chi connectivity index (χ0v) is 90.1. The summed E-state index contributed by atoms with van der Waals surface area (Å²) in [7, 11) is -18.8. The second-order valence-electron chi connectivity index (χ2n) is 34.3. The molecular formula is C73H149Cl3O62S6Se3. The molecule has 54 atom stereocenters. The third kappa shape index (κ3) is 47.2. The zero-order valence-electron chi connectivity index (χ0n) is 77.8. The Balaban J connectivity index is -0.00000169. The van der Waals surface area contributed by atoms with E-state index in [0.29, 0.717) is 0 Å². The summed E-state index contributed by atoms with van der Waals surface area (Å²) in [6.45, 7) is -5.64. The van der Waals surface area contributed by atoms with Crippen LogP contribution in [-0.4, -0.2) is 715 Å². The van der Waals surface area contributed by atoms with E-state index in [-0.39, 0.29) is 123 Å². The molecule has 62 nitrogen and oxygen atoms in total. The maximum atomic E-state index is 10.9. The SMILES string of the molecule is CC[C@@H](O)[C@H](O)[C@@H](O)[C@H](O)[C@H](O)C[S+]1C[C@@H](O)[C@H](O)[C@H]1CO.O=S(=O)([O-])O[C@@H]([C@H](O)[C@@H](O)[C@H](O)CO)[C@H](O)C[Se+]1C[C@@H](O)[C@H](O)[C@H]1CO.O=S(=O)([O-])O[C@@H]([C@H](O)[C@H](O)[C@@H](O)CO)[C@H](O)C[S+]1C[C@@H](O)[C@H](O)[C@H]1CO.O=S(=O)([O-])O[C@@H]([C@H](O)[C@H](O)[C@@H](O)CO)[C@H](O)C[Se+]1C[C@@H](O)[C@H](O)[C@H]1CO.OC[C@@H]1[C@@H](O)[C@H](O)C[S+]1C[C@@H](O)[C@@H](O)[C@H](O)[C@@H](O)[C@@H](O)CO.OC[C@@H]1[C@@H](O)[C@H](O)C[Se+]1C[C@@H](O)[C@@H](O)[C@H](O)[C@H](O)[C@@H](O)CO.[Cl-].[Cl-].[Cl-]. The van der Waals surface area contributed by atoms with Crippen LogP contribution < -0.4 is 37.2 Å². The van der Waals surface area contributed by atoms with Crippen LogP contribution in [0.4, 0.5) is 0 Å². The van der Waals surface area contributed by atoms with E-state index in [9.17, 15) is 269 Å². The van der Waals surface area contributed by atoms with E-state index < -0.39 is 452 Å². The average molecular weight is 2550 g/mol. The van der Waals surface area contributed by atoms with Crippen molar-refractivity contribution in [1.29, 1.82) is 0 Å². The van der Waals surface area contributed by atoms with Gasteiger partial charge in [-0.05, 0) is 6.42 Å². The van der Waals surface area contributed by atoms with E-state index in [1.165, 1.54) is 0 Å². The number of aliphatic hydroxyl groups is 50. The number of halogens is 3. The van der Waals surface area contributed by atoms with Crippen molar-refractivity contribution in [2.75, 3.05) is 107 Å². The van der Waals surface area contributed by atoms with Gasteiger partial charge in [0, 0.05) is 32.7 Å². The topological polar surface area (TPSA) is 1210 Å². The molecule has 0 bridgehead atoms. The molecule has 6 aliphatic heterocycles. The van der Waals surface area contributed by atoms with Crippen LogP contribution in [0.5, 0.6) is 0 Å². The van der Waals surface area contributed by atoms with Gasteiger partial charge in [-0.15, -0.1) is 0 Å².